The lowest BCUT2D eigenvalue weighted by molar-refractivity contribution is -0.114. The third-order valence-electron chi connectivity index (χ3n) is 4.26. The van der Waals surface area contributed by atoms with Crippen molar-refractivity contribution in [3.05, 3.63) is 76.4 Å². The molecule has 136 valence electrons. The summed E-state index contributed by atoms with van der Waals surface area (Å²) in [5.41, 5.74) is 2.43. The van der Waals surface area contributed by atoms with Crippen LogP contribution in [0.25, 0.3) is 0 Å². The summed E-state index contributed by atoms with van der Waals surface area (Å²) in [5.74, 6) is 0.441. The predicted octanol–water partition coefficient (Wildman–Crippen LogP) is 4.29. The summed E-state index contributed by atoms with van der Waals surface area (Å²) in [6, 6.07) is 14.5. The molecule has 2 aromatic heterocycles. The first kappa shape index (κ1) is 17.2. The average Bonchev–Trinajstić information content (AvgIpc) is 3.41. The van der Waals surface area contributed by atoms with Crippen LogP contribution in [0.15, 0.2) is 69.7 Å². The summed E-state index contributed by atoms with van der Waals surface area (Å²) >= 11 is 1.39. The van der Waals surface area contributed by atoms with Crippen molar-refractivity contribution >= 4 is 34.6 Å². The molecule has 1 aliphatic heterocycles. The number of nitrogens with zero attached hydrogens (tertiary/aromatic N) is 2. The van der Waals surface area contributed by atoms with E-state index in [1.54, 1.807) is 12.3 Å². The number of hydrazone groups is 1. The minimum Gasteiger partial charge on any atom is -0.467 e. The van der Waals surface area contributed by atoms with Gasteiger partial charge < -0.3 is 9.73 Å². The molecule has 3 heterocycles. The fraction of sp³-hybridized carbons (Fsp3) is 0.150. The van der Waals surface area contributed by atoms with E-state index in [4.69, 9.17) is 4.42 Å². The fourth-order valence-corrected chi connectivity index (χ4v) is 3.69. The number of carbonyl (C=O) groups excluding carboxylic acids is 2. The molecule has 6 nitrogen and oxygen atoms in total. The van der Waals surface area contributed by atoms with Gasteiger partial charge in [0.2, 0.25) is 5.91 Å². The first-order valence-electron chi connectivity index (χ1n) is 8.48. The second kappa shape index (κ2) is 7.20. The highest BCUT2D eigenvalue weighted by Crippen LogP contribution is 2.34. The molecule has 7 heteroatoms. The van der Waals surface area contributed by atoms with Gasteiger partial charge in [0, 0.05) is 19.0 Å². The molecule has 0 radical (unpaired) electrons. The van der Waals surface area contributed by atoms with Gasteiger partial charge in [0.15, 0.2) is 0 Å². The van der Waals surface area contributed by atoms with Crippen molar-refractivity contribution in [3.8, 4) is 0 Å². The van der Waals surface area contributed by atoms with Gasteiger partial charge in [0.05, 0.1) is 16.9 Å². The Morgan fingerprint density at radius 2 is 2.00 bits per heavy atom. The largest absolute Gasteiger partial charge is 0.467 e. The van der Waals surface area contributed by atoms with Gasteiger partial charge in [-0.3, -0.25) is 9.59 Å². The summed E-state index contributed by atoms with van der Waals surface area (Å²) in [4.78, 5) is 24.7. The van der Waals surface area contributed by atoms with Crippen molar-refractivity contribution in [3.63, 3.8) is 0 Å². The van der Waals surface area contributed by atoms with Crippen LogP contribution in [-0.4, -0.2) is 22.5 Å². The van der Waals surface area contributed by atoms with Gasteiger partial charge >= 0.3 is 0 Å². The highest BCUT2D eigenvalue weighted by molar-refractivity contribution is 7.12. The zero-order valence-electron chi connectivity index (χ0n) is 14.6. The van der Waals surface area contributed by atoms with E-state index in [1.165, 1.54) is 23.3 Å². The lowest BCUT2D eigenvalue weighted by atomic mass is 10.0. The first-order valence-corrected chi connectivity index (χ1v) is 9.36. The average molecular weight is 379 g/mol. The molecule has 0 saturated heterocycles. The molecular weight excluding hydrogens is 362 g/mol. The number of nitrogens with one attached hydrogen (secondary N) is 1. The molecule has 0 saturated carbocycles. The maximum atomic E-state index is 12.9. The maximum absolute atomic E-state index is 12.9. The second-order valence-electron chi connectivity index (χ2n) is 6.17. The quantitative estimate of drug-likeness (QED) is 0.735. The topological polar surface area (TPSA) is 74.9 Å². The van der Waals surface area contributed by atoms with Crippen molar-refractivity contribution < 1.29 is 14.0 Å². The van der Waals surface area contributed by atoms with Crippen LogP contribution in [-0.2, 0) is 4.79 Å². The van der Waals surface area contributed by atoms with Crippen LogP contribution in [0.2, 0.25) is 0 Å². The zero-order valence-corrected chi connectivity index (χ0v) is 15.4. The van der Waals surface area contributed by atoms with E-state index < -0.39 is 0 Å². The number of rotatable bonds is 4. The molecule has 0 unspecified atom stereocenters. The molecule has 1 aliphatic rings. The number of benzene rings is 1. The highest BCUT2D eigenvalue weighted by atomic mass is 32.1. The summed E-state index contributed by atoms with van der Waals surface area (Å²) < 4.78 is 5.55. The Kier molecular flexibility index (Phi) is 4.60. The highest BCUT2D eigenvalue weighted by Gasteiger charge is 2.35. The molecule has 27 heavy (non-hydrogen) atoms. The second-order valence-corrected chi connectivity index (χ2v) is 7.12. The number of hydrogen-bond donors (Lipinski definition) is 1. The van der Waals surface area contributed by atoms with Crippen LogP contribution in [0.3, 0.4) is 0 Å². The Hall–Kier alpha value is -3.19. The third-order valence-corrected chi connectivity index (χ3v) is 5.12. The minimum atomic E-state index is -0.278. The molecule has 0 spiro atoms. The number of amides is 2. The van der Waals surface area contributed by atoms with Gasteiger partial charge in [0.25, 0.3) is 5.91 Å². The Bertz CT molecular complexity index is 976. The minimum absolute atomic E-state index is 0.119. The van der Waals surface area contributed by atoms with Crippen LogP contribution in [0.4, 0.5) is 5.69 Å². The third kappa shape index (κ3) is 3.54. The van der Waals surface area contributed by atoms with Gasteiger partial charge in [0.1, 0.15) is 11.8 Å². The van der Waals surface area contributed by atoms with E-state index in [2.05, 4.69) is 10.4 Å². The Balaban J connectivity index is 1.64. The van der Waals surface area contributed by atoms with Crippen molar-refractivity contribution in [2.24, 2.45) is 5.10 Å². The smallest absolute Gasteiger partial charge is 0.284 e. The fourth-order valence-electron chi connectivity index (χ4n) is 3.04. The normalized spacial score (nSPS) is 16.3. The molecule has 4 rings (SSSR count). The molecule has 1 aromatic carbocycles. The zero-order chi connectivity index (χ0) is 18.8. The van der Waals surface area contributed by atoms with Gasteiger partial charge in [-0.1, -0.05) is 18.2 Å². The van der Waals surface area contributed by atoms with E-state index in [1.807, 2.05) is 47.8 Å². The van der Waals surface area contributed by atoms with Gasteiger partial charge in [-0.25, -0.2) is 5.01 Å². The van der Waals surface area contributed by atoms with Crippen LogP contribution >= 0.6 is 11.3 Å². The SMILES string of the molecule is CC(=O)Nc1ccc(C2=NN(C(=O)c3cccs3)[C@H](c3ccco3)C2)cc1. The Labute approximate surface area is 160 Å². The molecule has 0 fully saturated rings. The Morgan fingerprint density at radius 1 is 1.19 bits per heavy atom. The van der Waals surface area contributed by atoms with E-state index in [0.717, 1.165) is 17.0 Å². The summed E-state index contributed by atoms with van der Waals surface area (Å²) in [7, 11) is 0. The van der Waals surface area contributed by atoms with Crippen molar-refractivity contribution in [1.82, 2.24) is 5.01 Å². The van der Waals surface area contributed by atoms with E-state index >= 15 is 0 Å². The van der Waals surface area contributed by atoms with E-state index in [9.17, 15) is 9.59 Å². The number of hydrogen-bond acceptors (Lipinski definition) is 5. The van der Waals surface area contributed by atoms with Crippen molar-refractivity contribution in [2.45, 2.75) is 19.4 Å². The van der Waals surface area contributed by atoms with Crippen LogP contribution in [0.5, 0.6) is 0 Å². The Morgan fingerprint density at radius 3 is 2.63 bits per heavy atom. The van der Waals surface area contributed by atoms with Gasteiger partial charge in [-0.15, -0.1) is 11.3 Å². The number of carbonyl (C=O) groups is 2. The van der Waals surface area contributed by atoms with Crippen molar-refractivity contribution in [2.75, 3.05) is 5.32 Å². The summed E-state index contributed by atoms with van der Waals surface area (Å²) in [6.07, 6.45) is 2.16. The lowest BCUT2D eigenvalue weighted by Gasteiger charge is -2.18. The number of thiophene rings is 1. The predicted molar refractivity (Wildman–Crippen MR) is 104 cm³/mol. The van der Waals surface area contributed by atoms with Crippen molar-refractivity contribution in [1.29, 1.82) is 0 Å². The maximum Gasteiger partial charge on any atom is 0.284 e. The molecule has 1 N–H and O–H groups in total. The summed E-state index contributed by atoms with van der Waals surface area (Å²) in [6.45, 7) is 1.47. The van der Waals surface area contributed by atoms with E-state index in [-0.39, 0.29) is 17.9 Å². The monoisotopic (exact) mass is 379 g/mol. The lowest BCUT2D eigenvalue weighted by Crippen LogP contribution is -2.26. The molecule has 0 aliphatic carbocycles. The van der Waals surface area contributed by atoms with Gasteiger partial charge in [-0.2, -0.15) is 5.10 Å². The molecule has 3 aromatic rings. The van der Waals surface area contributed by atoms with Gasteiger partial charge in [-0.05, 0) is 41.3 Å². The molecule has 0 bridgehead atoms. The standard InChI is InChI=1S/C20H17N3O3S/c1-13(24)21-15-8-6-14(7-9-15)16-12-17(18-4-2-10-26-18)23(22-16)20(25)19-5-3-11-27-19/h2-11,17H,12H2,1H3,(H,21,24)/t17-/m0/s1. The number of furan rings is 1. The van der Waals surface area contributed by atoms with Crippen LogP contribution in [0.1, 0.15) is 40.4 Å². The molecular formula is C20H17N3O3S. The summed E-state index contributed by atoms with van der Waals surface area (Å²) in [5, 5.41) is 10.7. The van der Waals surface area contributed by atoms with Crippen LogP contribution in [0, 0.1) is 0 Å². The molecule has 2 amide bonds. The first-order chi connectivity index (χ1) is 13.1. The van der Waals surface area contributed by atoms with Crippen LogP contribution < -0.4 is 5.32 Å². The molecule has 1 atom stereocenters. The van der Waals surface area contributed by atoms with E-state index in [0.29, 0.717) is 17.1 Å². The number of anilines is 1.